The molecule has 6 heteroatoms. The zero-order valence-corrected chi connectivity index (χ0v) is 36.2. The first-order valence-electron chi connectivity index (χ1n) is 24.1. The highest BCUT2D eigenvalue weighted by molar-refractivity contribution is 5.80. The van der Waals surface area contributed by atoms with Crippen molar-refractivity contribution in [3.8, 4) is 0 Å². The second kappa shape index (κ2) is 43.2. The first-order valence-corrected chi connectivity index (χ1v) is 24.1. The summed E-state index contributed by atoms with van der Waals surface area (Å²) in [5.74, 6) is -0.585. The number of aliphatic hydroxyl groups excluding tert-OH is 4. The fraction of sp³-hybridized carbons (Fsp3) is 0.938. The molecule has 0 rings (SSSR count). The standard InChI is InChI=1S/C48H95NO5/c1-3-5-7-9-11-13-15-17-19-21-23-25-27-29-31-33-35-37-39-41-45(51)47(53)44(43-50)49-48(54)46(52)42-40-38-36-34-32-30-28-26-24-22-20-18-16-14-12-10-8-6-4-2/h24,26,44-47,50-53H,3-23,25,27-43H2,1-2H3,(H,49,54)/b26-24-. The Hall–Kier alpha value is -0.950. The summed E-state index contributed by atoms with van der Waals surface area (Å²) in [6.45, 7) is 4.07. The van der Waals surface area contributed by atoms with E-state index >= 15 is 0 Å². The Labute approximate surface area is 336 Å². The van der Waals surface area contributed by atoms with E-state index in [-0.39, 0.29) is 0 Å². The SMILES string of the molecule is CCCCCCCCCCC/C=C\CCCCCCCCC(O)C(=O)NC(CO)C(O)C(O)CCCCCCCCCCCCCCCCCCCCC. The highest BCUT2D eigenvalue weighted by atomic mass is 16.3. The normalized spacial score (nSPS) is 14.1. The molecule has 0 aliphatic rings. The van der Waals surface area contributed by atoms with Crippen LogP contribution in [-0.2, 0) is 4.79 Å². The van der Waals surface area contributed by atoms with Gasteiger partial charge in [0.1, 0.15) is 12.2 Å². The van der Waals surface area contributed by atoms with Gasteiger partial charge in [0, 0.05) is 0 Å². The van der Waals surface area contributed by atoms with Gasteiger partial charge in [-0.25, -0.2) is 0 Å². The molecule has 0 radical (unpaired) electrons. The van der Waals surface area contributed by atoms with Gasteiger partial charge in [0.25, 0.3) is 0 Å². The van der Waals surface area contributed by atoms with Crippen LogP contribution in [-0.4, -0.2) is 57.3 Å². The molecule has 1 amide bonds. The maximum absolute atomic E-state index is 12.5. The molecule has 5 N–H and O–H groups in total. The van der Waals surface area contributed by atoms with Crippen molar-refractivity contribution in [1.29, 1.82) is 0 Å². The van der Waals surface area contributed by atoms with Gasteiger partial charge in [-0.3, -0.25) is 4.79 Å². The third-order valence-electron chi connectivity index (χ3n) is 11.5. The van der Waals surface area contributed by atoms with Gasteiger partial charge in [-0.1, -0.05) is 231 Å². The predicted octanol–water partition coefficient (Wildman–Crippen LogP) is 13.0. The van der Waals surface area contributed by atoms with Crippen LogP contribution in [0.25, 0.3) is 0 Å². The number of amides is 1. The second-order valence-corrected chi connectivity index (χ2v) is 16.8. The Kier molecular flexibility index (Phi) is 42.4. The van der Waals surface area contributed by atoms with E-state index in [9.17, 15) is 25.2 Å². The van der Waals surface area contributed by atoms with E-state index in [1.54, 1.807) is 0 Å². The molecule has 0 fully saturated rings. The average Bonchev–Trinajstić information content (AvgIpc) is 3.18. The summed E-state index contributed by atoms with van der Waals surface area (Å²) in [4.78, 5) is 12.5. The van der Waals surface area contributed by atoms with Crippen LogP contribution in [0.1, 0.15) is 258 Å². The van der Waals surface area contributed by atoms with E-state index in [0.717, 1.165) is 44.9 Å². The van der Waals surface area contributed by atoms with Crippen molar-refractivity contribution >= 4 is 5.91 Å². The molecule has 0 saturated heterocycles. The summed E-state index contributed by atoms with van der Waals surface area (Å²) in [5, 5.41) is 43.8. The highest BCUT2D eigenvalue weighted by Crippen LogP contribution is 2.17. The van der Waals surface area contributed by atoms with E-state index < -0.39 is 36.9 Å². The number of unbranched alkanes of at least 4 members (excludes halogenated alkanes) is 33. The Morgan fingerprint density at radius 2 is 0.741 bits per heavy atom. The van der Waals surface area contributed by atoms with Crippen LogP contribution in [0, 0.1) is 0 Å². The topological polar surface area (TPSA) is 110 Å². The van der Waals surface area contributed by atoms with E-state index in [1.165, 1.54) is 186 Å². The molecule has 0 spiro atoms. The molecule has 54 heavy (non-hydrogen) atoms. The number of aliphatic hydroxyl groups is 4. The van der Waals surface area contributed by atoms with Gasteiger partial charge < -0.3 is 25.7 Å². The van der Waals surface area contributed by atoms with Gasteiger partial charge in [-0.05, 0) is 38.5 Å². The van der Waals surface area contributed by atoms with Crippen molar-refractivity contribution < 1.29 is 25.2 Å². The average molecular weight is 766 g/mol. The molecule has 4 atom stereocenters. The smallest absolute Gasteiger partial charge is 0.249 e. The molecular formula is C48H95NO5. The molecular weight excluding hydrogens is 671 g/mol. The van der Waals surface area contributed by atoms with Crippen LogP contribution >= 0.6 is 0 Å². The number of hydrogen-bond donors (Lipinski definition) is 5. The number of allylic oxidation sites excluding steroid dienone is 2. The summed E-state index contributed by atoms with van der Waals surface area (Å²) in [6.07, 6.45) is 48.2. The lowest BCUT2D eigenvalue weighted by molar-refractivity contribution is -0.132. The fourth-order valence-electron chi connectivity index (χ4n) is 7.64. The number of carbonyl (C=O) groups excluding carboxylic acids is 1. The minimum absolute atomic E-state index is 0.365. The maximum atomic E-state index is 12.5. The number of hydrogen-bond acceptors (Lipinski definition) is 5. The van der Waals surface area contributed by atoms with Crippen LogP contribution in [0.5, 0.6) is 0 Å². The Balaban J connectivity index is 3.69. The van der Waals surface area contributed by atoms with Crippen LogP contribution in [0.4, 0.5) is 0 Å². The molecule has 0 aromatic heterocycles. The quantitative estimate of drug-likeness (QED) is 0.0313. The van der Waals surface area contributed by atoms with Gasteiger partial charge in [-0.15, -0.1) is 0 Å². The van der Waals surface area contributed by atoms with Gasteiger partial charge in [0.2, 0.25) is 5.91 Å². The molecule has 0 bridgehead atoms. The summed E-state index contributed by atoms with van der Waals surface area (Å²) < 4.78 is 0. The lowest BCUT2D eigenvalue weighted by Gasteiger charge is -2.27. The van der Waals surface area contributed by atoms with Crippen molar-refractivity contribution in [2.75, 3.05) is 6.61 Å². The number of rotatable bonds is 44. The van der Waals surface area contributed by atoms with Crippen molar-refractivity contribution in [3.05, 3.63) is 12.2 Å². The minimum Gasteiger partial charge on any atom is -0.394 e. The van der Waals surface area contributed by atoms with Crippen molar-refractivity contribution in [2.45, 2.75) is 282 Å². The fourth-order valence-corrected chi connectivity index (χ4v) is 7.64. The van der Waals surface area contributed by atoms with Crippen molar-refractivity contribution in [2.24, 2.45) is 0 Å². The van der Waals surface area contributed by atoms with Crippen LogP contribution in [0.15, 0.2) is 12.2 Å². The zero-order chi connectivity index (χ0) is 39.6. The summed E-state index contributed by atoms with van der Waals surface area (Å²) in [6, 6.07) is -0.985. The summed E-state index contributed by atoms with van der Waals surface area (Å²) in [7, 11) is 0. The molecule has 6 nitrogen and oxygen atoms in total. The van der Waals surface area contributed by atoms with Gasteiger partial charge in [0.05, 0.1) is 18.8 Å². The molecule has 0 aromatic rings. The predicted molar refractivity (Wildman–Crippen MR) is 233 cm³/mol. The summed E-state index contributed by atoms with van der Waals surface area (Å²) >= 11 is 0. The Bertz CT molecular complexity index is 776. The van der Waals surface area contributed by atoms with E-state index in [0.29, 0.717) is 12.8 Å². The lowest BCUT2D eigenvalue weighted by Crippen LogP contribution is -2.53. The van der Waals surface area contributed by atoms with Crippen molar-refractivity contribution in [3.63, 3.8) is 0 Å². The van der Waals surface area contributed by atoms with E-state index in [4.69, 9.17) is 0 Å². The first kappa shape index (κ1) is 53.0. The van der Waals surface area contributed by atoms with Gasteiger partial charge in [0.15, 0.2) is 0 Å². The highest BCUT2D eigenvalue weighted by Gasteiger charge is 2.28. The molecule has 322 valence electrons. The molecule has 4 unspecified atom stereocenters. The Morgan fingerprint density at radius 3 is 1.07 bits per heavy atom. The largest absolute Gasteiger partial charge is 0.394 e. The summed E-state index contributed by atoms with van der Waals surface area (Å²) in [5.41, 5.74) is 0. The minimum atomic E-state index is -1.26. The number of carbonyl (C=O) groups is 1. The van der Waals surface area contributed by atoms with Gasteiger partial charge in [-0.2, -0.15) is 0 Å². The monoisotopic (exact) mass is 766 g/mol. The number of nitrogens with one attached hydrogen (secondary N) is 1. The Morgan fingerprint density at radius 1 is 0.444 bits per heavy atom. The maximum Gasteiger partial charge on any atom is 0.249 e. The molecule has 0 aliphatic carbocycles. The second-order valence-electron chi connectivity index (χ2n) is 16.8. The molecule has 0 saturated carbocycles. The molecule has 0 aliphatic heterocycles. The first-order chi connectivity index (χ1) is 26.5. The third kappa shape index (κ3) is 36.7. The van der Waals surface area contributed by atoms with E-state index in [1.807, 2.05) is 0 Å². The van der Waals surface area contributed by atoms with Crippen LogP contribution in [0.3, 0.4) is 0 Å². The van der Waals surface area contributed by atoms with Crippen LogP contribution < -0.4 is 5.32 Å². The van der Waals surface area contributed by atoms with Crippen LogP contribution in [0.2, 0.25) is 0 Å². The molecule has 0 aromatic carbocycles. The zero-order valence-electron chi connectivity index (χ0n) is 36.2. The lowest BCUT2D eigenvalue weighted by atomic mass is 9.99. The van der Waals surface area contributed by atoms with E-state index in [2.05, 4.69) is 31.3 Å². The van der Waals surface area contributed by atoms with Gasteiger partial charge >= 0.3 is 0 Å². The third-order valence-corrected chi connectivity index (χ3v) is 11.5. The molecule has 0 heterocycles. The van der Waals surface area contributed by atoms with Crippen molar-refractivity contribution in [1.82, 2.24) is 5.32 Å².